The molecule has 6 nitrogen and oxygen atoms in total. The van der Waals surface area contributed by atoms with Crippen LogP contribution in [0.5, 0.6) is 0 Å². The number of sulfone groups is 1. The lowest BCUT2D eigenvalue weighted by atomic mass is 10.1. The molecule has 0 aliphatic carbocycles. The molecule has 0 fully saturated rings. The van der Waals surface area contributed by atoms with Crippen LogP contribution in [-0.4, -0.2) is 40.2 Å². The van der Waals surface area contributed by atoms with Gasteiger partial charge in [0.2, 0.25) is 0 Å². The Morgan fingerprint density at radius 1 is 1.32 bits per heavy atom. The van der Waals surface area contributed by atoms with E-state index in [2.05, 4.69) is 4.98 Å². The Morgan fingerprint density at radius 2 is 2.00 bits per heavy atom. The molecular weight excluding hydrogens is 304 g/mol. The van der Waals surface area contributed by atoms with Crippen LogP contribution in [0.25, 0.3) is 0 Å². The number of aryl methyl sites for hydroxylation is 2. The van der Waals surface area contributed by atoms with E-state index in [0.29, 0.717) is 17.8 Å². The number of aliphatic hydroxyl groups excluding tert-OH is 1. The number of aromatic nitrogens is 2. The highest BCUT2D eigenvalue weighted by Crippen LogP contribution is 2.18. The first-order valence-corrected chi connectivity index (χ1v) is 9.27. The van der Waals surface area contributed by atoms with Gasteiger partial charge in [0.05, 0.1) is 17.1 Å². The Bertz CT molecular complexity index is 720. The summed E-state index contributed by atoms with van der Waals surface area (Å²) in [5.41, 5.74) is 0.984. The van der Waals surface area contributed by atoms with Crippen molar-refractivity contribution in [3.63, 3.8) is 0 Å². The van der Waals surface area contributed by atoms with Gasteiger partial charge in [0, 0.05) is 24.2 Å². The molecule has 0 saturated carbocycles. The van der Waals surface area contributed by atoms with Gasteiger partial charge < -0.3 is 5.11 Å². The third kappa shape index (κ3) is 3.10. The Kier molecular flexibility index (Phi) is 4.77. The molecule has 1 aliphatic heterocycles. The van der Waals surface area contributed by atoms with Gasteiger partial charge in [-0.2, -0.15) is 0 Å². The van der Waals surface area contributed by atoms with E-state index in [0.717, 1.165) is 25.1 Å². The van der Waals surface area contributed by atoms with E-state index in [9.17, 15) is 18.3 Å². The molecule has 0 unspecified atom stereocenters. The fraction of sp³-hybridized carbons (Fsp3) is 0.733. The number of hydrogen-bond donors (Lipinski definition) is 1. The molecule has 2 heterocycles. The molecule has 0 saturated heterocycles. The van der Waals surface area contributed by atoms with Gasteiger partial charge in [-0.05, 0) is 40.0 Å². The lowest BCUT2D eigenvalue weighted by Crippen LogP contribution is -2.39. The van der Waals surface area contributed by atoms with Crippen molar-refractivity contribution >= 4 is 9.84 Å². The van der Waals surface area contributed by atoms with Crippen LogP contribution in [0.1, 0.15) is 43.8 Å². The van der Waals surface area contributed by atoms with Crippen LogP contribution in [0.3, 0.4) is 0 Å². The summed E-state index contributed by atoms with van der Waals surface area (Å²) < 4.78 is 25.0. The molecule has 0 radical (unpaired) electrons. The van der Waals surface area contributed by atoms with Gasteiger partial charge in [-0.25, -0.2) is 13.4 Å². The predicted octanol–water partition coefficient (Wildman–Crippen LogP) is 0.616. The minimum Gasteiger partial charge on any atom is -0.395 e. The van der Waals surface area contributed by atoms with Crippen LogP contribution < -0.4 is 5.56 Å². The van der Waals surface area contributed by atoms with Crippen molar-refractivity contribution in [2.45, 2.75) is 57.7 Å². The van der Waals surface area contributed by atoms with Gasteiger partial charge >= 0.3 is 0 Å². The van der Waals surface area contributed by atoms with Gasteiger partial charge in [-0.3, -0.25) is 9.36 Å². The standard InChI is InChI=1S/C15H24N2O4S/c1-11-12(7-9-22(20,21)15(2,3)10-18)14(19)17-8-5-4-6-13(17)16-11/h18H,4-10H2,1-3H3. The summed E-state index contributed by atoms with van der Waals surface area (Å²) in [6.07, 6.45) is 2.92. The maximum absolute atomic E-state index is 12.5. The van der Waals surface area contributed by atoms with Crippen molar-refractivity contribution in [2.75, 3.05) is 12.4 Å². The number of aliphatic hydroxyl groups is 1. The van der Waals surface area contributed by atoms with Crippen molar-refractivity contribution < 1.29 is 13.5 Å². The molecule has 124 valence electrons. The fourth-order valence-electron chi connectivity index (χ4n) is 2.63. The van der Waals surface area contributed by atoms with E-state index in [-0.39, 0.29) is 17.7 Å². The predicted molar refractivity (Wildman–Crippen MR) is 84.8 cm³/mol. The highest BCUT2D eigenvalue weighted by molar-refractivity contribution is 7.92. The van der Waals surface area contributed by atoms with E-state index >= 15 is 0 Å². The van der Waals surface area contributed by atoms with E-state index in [4.69, 9.17) is 0 Å². The van der Waals surface area contributed by atoms with Crippen LogP contribution in [0.2, 0.25) is 0 Å². The van der Waals surface area contributed by atoms with E-state index < -0.39 is 21.2 Å². The van der Waals surface area contributed by atoms with E-state index in [1.165, 1.54) is 13.8 Å². The molecule has 1 N–H and O–H groups in total. The normalized spacial score (nSPS) is 15.6. The molecule has 0 aromatic carbocycles. The SMILES string of the molecule is Cc1nc2n(c(=O)c1CCS(=O)(=O)C(C)(C)CO)CCCC2. The first-order valence-electron chi connectivity index (χ1n) is 7.62. The Labute approximate surface area is 131 Å². The maximum atomic E-state index is 12.5. The lowest BCUT2D eigenvalue weighted by molar-refractivity contribution is 0.258. The Balaban J connectivity index is 2.30. The number of fused-ring (bicyclic) bond motifs is 1. The van der Waals surface area contributed by atoms with Crippen molar-refractivity contribution in [2.24, 2.45) is 0 Å². The van der Waals surface area contributed by atoms with Crippen LogP contribution in [0.4, 0.5) is 0 Å². The van der Waals surface area contributed by atoms with Crippen molar-refractivity contribution in [1.82, 2.24) is 9.55 Å². The summed E-state index contributed by atoms with van der Waals surface area (Å²) in [5, 5.41) is 9.24. The molecule has 1 aliphatic rings. The van der Waals surface area contributed by atoms with Gasteiger partial charge in [-0.1, -0.05) is 0 Å². The molecular formula is C15H24N2O4S. The summed E-state index contributed by atoms with van der Waals surface area (Å²) in [6, 6.07) is 0. The Hall–Kier alpha value is -1.21. The molecule has 1 aromatic rings. The molecule has 0 atom stereocenters. The van der Waals surface area contributed by atoms with Crippen molar-refractivity contribution in [1.29, 1.82) is 0 Å². The third-order valence-electron chi connectivity index (χ3n) is 4.42. The van der Waals surface area contributed by atoms with Crippen LogP contribution in [0, 0.1) is 6.92 Å². The van der Waals surface area contributed by atoms with Crippen molar-refractivity contribution in [3.8, 4) is 0 Å². The second-order valence-electron chi connectivity index (χ2n) is 6.49. The Morgan fingerprint density at radius 3 is 2.64 bits per heavy atom. The number of nitrogens with zero attached hydrogens (tertiary/aromatic N) is 2. The molecule has 0 bridgehead atoms. The minimum absolute atomic E-state index is 0.112. The molecule has 1 aromatic heterocycles. The summed E-state index contributed by atoms with van der Waals surface area (Å²) >= 11 is 0. The zero-order chi connectivity index (χ0) is 16.5. The van der Waals surface area contributed by atoms with Gasteiger partial charge in [-0.15, -0.1) is 0 Å². The van der Waals surface area contributed by atoms with Crippen LogP contribution >= 0.6 is 0 Å². The largest absolute Gasteiger partial charge is 0.395 e. The number of hydrogen-bond acceptors (Lipinski definition) is 5. The first-order chi connectivity index (χ1) is 10.2. The van der Waals surface area contributed by atoms with Gasteiger partial charge in [0.15, 0.2) is 9.84 Å². The number of rotatable bonds is 5. The van der Waals surface area contributed by atoms with Crippen molar-refractivity contribution in [3.05, 3.63) is 27.4 Å². The quantitative estimate of drug-likeness (QED) is 0.856. The average molecular weight is 328 g/mol. The molecule has 7 heteroatoms. The lowest BCUT2D eigenvalue weighted by Gasteiger charge is -2.23. The molecule has 2 rings (SSSR count). The smallest absolute Gasteiger partial charge is 0.256 e. The summed E-state index contributed by atoms with van der Waals surface area (Å²) in [7, 11) is -3.49. The fourth-order valence-corrected chi connectivity index (χ4v) is 3.85. The summed E-state index contributed by atoms with van der Waals surface area (Å²) in [4.78, 5) is 17.0. The monoisotopic (exact) mass is 328 g/mol. The zero-order valence-corrected chi connectivity index (χ0v) is 14.2. The highest BCUT2D eigenvalue weighted by atomic mass is 32.2. The first kappa shape index (κ1) is 17.1. The van der Waals surface area contributed by atoms with Crippen LogP contribution in [0.15, 0.2) is 4.79 Å². The van der Waals surface area contributed by atoms with Gasteiger partial charge in [0.25, 0.3) is 5.56 Å². The van der Waals surface area contributed by atoms with Crippen LogP contribution in [-0.2, 0) is 29.2 Å². The topological polar surface area (TPSA) is 89.3 Å². The highest BCUT2D eigenvalue weighted by Gasteiger charge is 2.33. The summed E-state index contributed by atoms with van der Waals surface area (Å²) in [6.45, 7) is 4.97. The zero-order valence-electron chi connectivity index (χ0n) is 13.4. The minimum atomic E-state index is -3.49. The second-order valence-corrected chi connectivity index (χ2v) is 9.24. The van der Waals surface area contributed by atoms with Gasteiger partial charge in [0.1, 0.15) is 5.82 Å². The van der Waals surface area contributed by atoms with E-state index in [1.807, 2.05) is 0 Å². The maximum Gasteiger partial charge on any atom is 0.256 e. The third-order valence-corrected chi connectivity index (χ3v) is 6.98. The average Bonchev–Trinajstić information content (AvgIpc) is 2.46. The molecule has 22 heavy (non-hydrogen) atoms. The second kappa shape index (κ2) is 6.12. The summed E-state index contributed by atoms with van der Waals surface area (Å²) in [5.74, 6) is 0.647. The van der Waals surface area contributed by atoms with E-state index in [1.54, 1.807) is 11.5 Å². The molecule has 0 spiro atoms. The molecule has 0 amide bonds.